The van der Waals surface area contributed by atoms with Crippen molar-refractivity contribution in [3.05, 3.63) is 0 Å². The highest BCUT2D eigenvalue weighted by molar-refractivity contribution is 4.87. The summed E-state index contributed by atoms with van der Waals surface area (Å²) in [6, 6.07) is 0.376. The fourth-order valence-electron chi connectivity index (χ4n) is 2.35. The summed E-state index contributed by atoms with van der Waals surface area (Å²) in [4.78, 5) is 2.63. The highest BCUT2D eigenvalue weighted by Crippen LogP contribution is 2.28. The van der Waals surface area contributed by atoms with E-state index in [2.05, 4.69) is 25.7 Å². The van der Waals surface area contributed by atoms with Gasteiger partial charge >= 0.3 is 0 Å². The Morgan fingerprint density at radius 2 is 2.07 bits per heavy atom. The first-order valence-corrected chi connectivity index (χ1v) is 6.03. The van der Waals surface area contributed by atoms with Crippen LogP contribution < -0.4 is 5.73 Å². The number of unbranched alkanes of at least 4 members (excludes halogenated alkanes) is 1. The van der Waals surface area contributed by atoms with E-state index in [1.54, 1.807) is 0 Å². The monoisotopic (exact) mass is 198 g/mol. The lowest BCUT2D eigenvalue weighted by Gasteiger charge is -2.31. The van der Waals surface area contributed by atoms with Crippen molar-refractivity contribution < 1.29 is 0 Å². The van der Waals surface area contributed by atoms with Crippen LogP contribution in [0.15, 0.2) is 0 Å². The van der Waals surface area contributed by atoms with E-state index in [-0.39, 0.29) is 0 Å². The molecule has 0 saturated carbocycles. The van der Waals surface area contributed by atoms with Gasteiger partial charge in [-0.1, -0.05) is 6.42 Å². The number of nitrogens with two attached hydrogens (primary N) is 1. The highest BCUT2D eigenvalue weighted by Gasteiger charge is 2.30. The summed E-state index contributed by atoms with van der Waals surface area (Å²) in [7, 11) is 0. The number of likely N-dealkylation sites (tertiary alicyclic amines) is 1. The van der Waals surface area contributed by atoms with Gasteiger partial charge in [-0.15, -0.1) is 0 Å². The Balaban J connectivity index is 2.12. The fraction of sp³-hybridized carbons (Fsp3) is 1.00. The largest absolute Gasteiger partial charge is 0.328 e. The molecular formula is C12H26N2. The summed E-state index contributed by atoms with van der Waals surface area (Å²) in [6.07, 6.45) is 6.50. The maximum absolute atomic E-state index is 5.73. The topological polar surface area (TPSA) is 29.3 Å². The van der Waals surface area contributed by atoms with Crippen molar-refractivity contribution in [2.75, 3.05) is 13.1 Å². The van der Waals surface area contributed by atoms with E-state index in [0.29, 0.717) is 11.6 Å². The molecule has 84 valence electrons. The van der Waals surface area contributed by atoms with E-state index in [9.17, 15) is 0 Å². The van der Waals surface area contributed by atoms with Gasteiger partial charge in [0.25, 0.3) is 0 Å². The van der Waals surface area contributed by atoms with Crippen LogP contribution in [0.5, 0.6) is 0 Å². The molecule has 1 aliphatic rings. The van der Waals surface area contributed by atoms with Crippen LogP contribution in [0.1, 0.15) is 52.9 Å². The summed E-state index contributed by atoms with van der Waals surface area (Å²) in [5, 5.41) is 0. The molecule has 0 aromatic carbocycles. The Morgan fingerprint density at radius 3 is 2.57 bits per heavy atom. The van der Waals surface area contributed by atoms with Gasteiger partial charge in [0.05, 0.1) is 0 Å². The molecule has 1 heterocycles. The molecule has 2 N–H and O–H groups in total. The molecule has 1 fully saturated rings. The minimum atomic E-state index is 0.376. The molecule has 1 unspecified atom stereocenters. The summed E-state index contributed by atoms with van der Waals surface area (Å²) in [5.41, 5.74) is 6.18. The fourth-order valence-corrected chi connectivity index (χ4v) is 2.35. The maximum atomic E-state index is 5.73. The van der Waals surface area contributed by atoms with Crippen molar-refractivity contribution in [1.29, 1.82) is 0 Å². The molecule has 1 saturated heterocycles. The van der Waals surface area contributed by atoms with Crippen LogP contribution in [0.4, 0.5) is 0 Å². The van der Waals surface area contributed by atoms with E-state index >= 15 is 0 Å². The predicted octanol–water partition coefficient (Wildman–Crippen LogP) is 2.38. The first-order chi connectivity index (χ1) is 6.52. The van der Waals surface area contributed by atoms with Crippen LogP contribution >= 0.6 is 0 Å². The van der Waals surface area contributed by atoms with Crippen molar-refractivity contribution >= 4 is 0 Å². The van der Waals surface area contributed by atoms with E-state index in [1.165, 1.54) is 45.2 Å². The Kier molecular flexibility index (Phi) is 4.39. The average molecular weight is 198 g/mol. The van der Waals surface area contributed by atoms with E-state index in [4.69, 9.17) is 5.73 Å². The Labute approximate surface area is 88.8 Å². The molecular weight excluding hydrogens is 172 g/mol. The second kappa shape index (κ2) is 5.13. The third kappa shape index (κ3) is 3.58. The van der Waals surface area contributed by atoms with Crippen molar-refractivity contribution in [1.82, 2.24) is 4.90 Å². The molecule has 2 heteroatoms. The molecule has 1 rings (SSSR count). The normalized spacial score (nSPS) is 24.0. The van der Waals surface area contributed by atoms with E-state index in [0.717, 1.165) is 0 Å². The van der Waals surface area contributed by atoms with Gasteiger partial charge in [0, 0.05) is 11.6 Å². The Bertz CT molecular complexity index is 164. The summed E-state index contributed by atoms with van der Waals surface area (Å²) in [6.45, 7) is 9.39. The molecule has 0 radical (unpaired) electrons. The summed E-state index contributed by atoms with van der Waals surface area (Å²) in [5.74, 6) is 0. The lowest BCUT2D eigenvalue weighted by Crippen LogP contribution is -2.38. The van der Waals surface area contributed by atoms with Crippen LogP contribution in [-0.4, -0.2) is 29.6 Å². The van der Waals surface area contributed by atoms with Gasteiger partial charge < -0.3 is 5.73 Å². The molecule has 0 amide bonds. The molecule has 1 aliphatic heterocycles. The summed E-state index contributed by atoms with van der Waals surface area (Å²) >= 11 is 0. The van der Waals surface area contributed by atoms with Gasteiger partial charge in [0.2, 0.25) is 0 Å². The molecule has 0 spiro atoms. The van der Waals surface area contributed by atoms with Gasteiger partial charge in [0.15, 0.2) is 0 Å². The second-order valence-electron chi connectivity index (χ2n) is 5.38. The summed E-state index contributed by atoms with van der Waals surface area (Å²) < 4.78 is 0. The van der Waals surface area contributed by atoms with E-state index in [1.807, 2.05) is 0 Å². The number of nitrogens with zero attached hydrogens (tertiary/aromatic N) is 1. The quantitative estimate of drug-likeness (QED) is 0.687. The predicted molar refractivity (Wildman–Crippen MR) is 62.4 cm³/mol. The van der Waals surface area contributed by atoms with Crippen LogP contribution in [0.2, 0.25) is 0 Å². The third-order valence-electron chi connectivity index (χ3n) is 3.41. The lowest BCUT2D eigenvalue weighted by atomic mass is 10.0. The third-order valence-corrected chi connectivity index (χ3v) is 3.41. The van der Waals surface area contributed by atoms with Gasteiger partial charge in [0.1, 0.15) is 0 Å². The smallest absolute Gasteiger partial charge is 0.0153 e. The van der Waals surface area contributed by atoms with Crippen molar-refractivity contribution in [3.8, 4) is 0 Å². The number of hydrogen-bond donors (Lipinski definition) is 1. The molecule has 2 nitrogen and oxygen atoms in total. The molecule has 0 aromatic heterocycles. The zero-order valence-electron chi connectivity index (χ0n) is 10.1. The first kappa shape index (κ1) is 12.0. The molecule has 14 heavy (non-hydrogen) atoms. The number of hydrogen-bond acceptors (Lipinski definition) is 2. The lowest BCUT2D eigenvalue weighted by molar-refractivity contribution is 0.171. The van der Waals surface area contributed by atoms with Crippen LogP contribution in [0.25, 0.3) is 0 Å². The van der Waals surface area contributed by atoms with Crippen molar-refractivity contribution in [3.63, 3.8) is 0 Å². The minimum absolute atomic E-state index is 0.376. The Morgan fingerprint density at radius 1 is 1.36 bits per heavy atom. The van der Waals surface area contributed by atoms with Crippen LogP contribution in [0.3, 0.4) is 0 Å². The van der Waals surface area contributed by atoms with E-state index < -0.39 is 0 Å². The molecule has 0 aromatic rings. The van der Waals surface area contributed by atoms with Crippen molar-refractivity contribution in [2.45, 2.75) is 64.5 Å². The van der Waals surface area contributed by atoms with Crippen LogP contribution in [0, 0.1) is 0 Å². The molecule has 0 bridgehead atoms. The SMILES string of the molecule is CC(N)CCCCN1CCCC1(C)C. The van der Waals surface area contributed by atoms with Gasteiger partial charge in [-0.3, -0.25) is 4.90 Å². The van der Waals surface area contributed by atoms with Gasteiger partial charge in [-0.05, 0) is 59.5 Å². The molecule has 1 atom stereocenters. The van der Waals surface area contributed by atoms with Crippen molar-refractivity contribution in [2.24, 2.45) is 5.73 Å². The van der Waals surface area contributed by atoms with Gasteiger partial charge in [-0.25, -0.2) is 0 Å². The standard InChI is InChI=1S/C12H26N2/c1-11(13)7-4-5-9-14-10-6-8-12(14,2)3/h11H,4-10,13H2,1-3H3. The number of rotatable bonds is 5. The van der Waals surface area contributed by atoms with Gasteiger partial charge in [-0.2, -0.15) is 0 Å². The minimum Gasteiger partial charge on any atom is -0.328 e. The second-order valence-corrected chi connectivity index (χ2v) is 5.38. The average Bonchev–Trinajstić information content (AvgIpc) is 2.39. The molecule has 0 aliphatic carbocycles. The Hall–Kier alpha value is -0.0800. The first-order valence-electron chi connectivity index (χ1n) is 6.03. The van der Waals surface area contributed by atoms with Crippen LogP contribution in [-0.2, 0) is 0 Å². The zero-order chi connectivity index (χ0) is 10.6. The zero-order valence-corrected chi connectivity index (χ0v) is 10.1. The highest BCUT2D eigenvalue weighted by atomic mass is 15.2. The maximum Gasteiger partial charge on any atom is 0.0153 e.